The molecule has 0 unspecified atom stereocenters. The van der Waals surface area contributed by atoms with Crippen molar-refractivity contribution < 1.29 is 9.72 Å². The van der Waals surface area contributed by atoms with Crippen molar-refractivity contribution in [1.82, 2.24) is 5.43 Å². The molecule has 8 heteroatoms. The van der Waals surface area contributed by atoms with Crippen molar-refractivity contribution in [3.05, 3.63) is 67.3 Å². The van der Waals surface area contributed by atoms with Gasteiger partial charge in [-0.15, -0.1) is 0 Å². The molecule has 0 aliphatic heterocycles. The Bertz CT molecular complexity index is 775. The molecule has 0 fully saturated rings. The molecule has 0 aromatic heterocycles. The molecule has 2 N–H and O–H groups in total. The first-order chi connectivity index (χ1) is 11.5. The fraction of sp³-hybridized carbons (Fsp3) is 0.125. The second-order valence-electron chi connectivity index (χ2n) is 4.95. The lowest BCUT2D eigenvalue weighted by molar-refractivity contribution is -0.384. The number of amides is 1. The maximum absolute atomic E-state index is 11.8. The predicted octanol–water partition coefficient (Wildman–Crippen LogP) is 3.07. The van der Waals surface area contributed by atoms with Gasteiger partial charge in [0.25, 0.3) is 11.6 Å². The van der Waals surface area contributed by atoms with Crippen molar-refractivity contribution in [2.45, 2.75) is 6.92 Å². The number of benzene rings is 2. The molecule has 2 rings (SSSR count). The van der Waals surface area contributed by atoms with Gasteiger partial charge < -0.3 is 5.32 Å². The number of carbonyl (C=O) groups excluding carboxylic acids is 1. The van der Waals surface area contributed by atoms with E-state index in [-0.39, 0.29) is 18.1 Å². The van der Waals surface area contributed by atoms with Gasteiger partial charge in [-0.05, 0) is 71.0 Å². The summed E-state index contributed by atoms with van der Waals surface area (Å²) in [6.45, 7) is 2.06. The summed E-state index contributed by atoms with van der Waals surface area (Å²) in [6, 6.07) is 11.8. The summed E-state index contributed by atoms with van der Waals surface area (Å²) in [5, 5.41) is 17.4. The van der Waals surface area contributed by atoms with Crippen LogP contribution in [0.2, 0.25) is 0 Å². The Hall–Kier alpha value is -2.49. The van der Waals surface area contributed by atoms with Gasteiger partial charge in [0.1, 0.15) is 0 Å². The topological polar surface area (TPSA) is 96.6 Å². The highest BCUT2D eigenvalue weighted by molar-refractivity contribution is 14.1. The molecule has 0 radical (unpaired) electrons. The smallest absolute Gasteiger partial charge is 0.269 e. The molecule has 24 heavy (non-hydrogen) atoms. The number of nitrogens with one attached hydrogen (secondary N) is 2. The minimum Gasteiger partial charge on any atom is -0.376 e. The molecule has 1 amide bonds. The van der Waals surface area contributed by atoms with Crippen LogP contribution in [0.1, 0.15) is 11.1 Å². The van der Waals surface area contributed by atoms with E-state index in [9.17, 15) is 14.9 Å². The first kappa shape index (κ1) is 17.9. The van der Waals surface area contributed by atoms with Crippen molar-refractivity contribution in [2.24, 2.45) is 5.10 Å². The van der Waals surface area contributed by atoms with E-state index < -0.39 is 4.92 Å². The number of hydrazone groups is 1. The van der Waals surface area contributed by atoms with E-state index in [1.807, 2.05) is 25.1 Å². The third-order valence-electron chi connectivity index (χ3n) is 3.13. The van der Waals surface area contributed by atoms with E-state index in [0.717, 1.165) is 14.8 Å². The van der Waals surface area contributed by atoms with Crippen molar-refractivity contribution in [3.8, 4) is 0 Å². The Labute approximate surface area is 152 Å². The van der Waals surface area contributed by atoms with Crippen LogP contribution in [-0.4, -0.2) is 23.6 Å². The number of nitrogens with zero attached hydrogens (tertiary/aromatic N) is 2. The first-order valence-corrected chi connectivity index (χ1v) is 8.10. The molecule has 0 bridgehead atoms. The van der Waals surface area contributed by atoms with Crippen LogP contribution >= 0.6 is 22.6 Å². The Morgan fingerprint density at radius 1 is 1.29 bits per heavy atom. The number of nitro benzene ring substituents is 1. The van der Waals surface area contributed by atoms with Gasteiger partial charge in [-0.1, -0.05) is 0 Å². The minimum atomic E-state index is -0.471. The largest absolute Gasteiger partial charge is 0.376 e. The fourth-order valence-electron chi connectivity index (χ4n) is 1.90. The highest BCUT2D eigenvalue weighted by atomic mass is 127. The maximum atomic E-state index is 11.8. The van der Waals surface area contributed by atoms with Gasteiger partial charge in [-0.25, -0.2) is 5.43 Å². The Kier molecular flexibility index (Phi) is 6.24. The summed E-state index contributed by atoms with van der Waals surface area (Å²) < 4.78 is 1.13. The van der Waals surface area contributed by atoms with Gasteiger partial charge >= 0.3 is 0 Å². The average Bonchev–Trinajstić information content (AvgIpc) is 2.54. The van der Waals surface area contributed by atoms with Crippen molar-refractivity contribution in [1.29, 1.82) is 0 Å². The number of rotatable bonds is 6. The summed E-state index contributed by atoms with van der Waals surface area (Å²) in [5.74, 6) is -0.286. The Morgan fingerprint density at radius 2 is 2.00 bits per heavy atom. The molecular weight excluding hydrogens is 423 g/mol. The van der Waals surface area contributed by atoms with Crippen LogP contribution in [0.15, 0.2) is 47.6 Å². The molecule has 0 spiro atoms. The number of hydrogen-bond donors (Lipinski definition) is 2. The summed E-state index contributed by atoms with van der Waals surface area (Å²) in [4.78, 5) is 21.8. The molecule has 7 nitrogen and oxygen atoms in total. The standard InChI is InChI=1S/C16H15IN4O3/c1-11-8-13(17)4-7-15(11)18-10-16(22)20-19-9-12-2-5-14(6-3-12)21(23)24/h2-9,18H,10H2,1H3,(H,20,22)/b19-9-. The van der Waals surface area contributed by atoms with Crippen LogP contribution in [-0.2, 0) is 4.79 Å². The summed E-state index contributed by atoms with van der Waals surface area (Å²) in [6.07, 6.45) is 1.43. The molecule has 2 aromatic rings. The molecule has 0 saturated heterocycles. The zero-order valence-corrected chi connectivity index (χ0v) is 15.0. The molecule has 124 valence electrons. The minimum absolute atomic E-state index is 0.00766. The van der Waals surface area contributed by atoms with E-state index in [0.29, 0.717) is 5.56 Å². The third-order valence-corrected chi connectivity index (χ3v) is 3.81. The number of carbonyl (C=O) groups is 1. The van der Waals surface area contributed by atoms with Crippen LogP contribution < -0.4 is 10.7 Å². The van der Waals surface area contributed by atoms with Crippen molar-refractivity contribution in [2.75, 3.05) is 11.9 Å². The lowest BCUT2D eigenvalue weighted by atomic mass is 10.2. The van der Waals surface area contributed by atoms with Crippen molar-refractivity contribution >= 4 is 46.1 Å². The average molecular weight is 438 g/mol. The number of non-ortho nitro benzene ring substituents is 1. The predicted molar refractivity (Wildman–Crippen MR) is 101 cm³/mol. The number of aryl methyl sites for hydroxylation is 1. The number of nitro groups is 1. The van der Waals surface area contributed by atoms with Crippen LogP contribution in [0.5, 0.6) is 0 Å². The van der Waals surface area contributed by atoms with Crippen LogP contribution in [0.3, 0.4) is 0 Å². The Morgan fingerprint density at radius 3 is 2.62 bits per heavy atom. The van der Waals surface area contributed by atoms with Gasteiger partial charge in [0.15, 0.2) is 0 Å². The maximum Gasteiger partial charge on any atom is 0.269 e. The normalized spacial score (nSPS) is 10.6. The molecule has 0 atom stereocenters. The molecule has 0 aliphatic carbocycles. The fourth-order valence-corrected chi connectivity index (χ4v) is 2.55. The van der Waals surface area contributed by atoms with Gasteiger partial charge in [-0.2, -0.15) is 5.10 Å². The quantitative estimate of drug-likeness (QED) is 0.314. The van der Waals surface area contributed by atoms with Crippen LogP contribution in [0.4, 0.5) is 11.4 Å². The molecule has 0 saturated carbocycles. The monoisotopic (exact) mass is 438 g/mol. The van der Waals surface area contributed by atoms with Gasteiger partial charge in [0.2, 0.25) is 0 Å². The second-order valence-corrected chi connectivity index (χ2v) is 6.20. The highest BCUT2D eigenvalue weighted by Crippen LogP contribution is 2.17. The van der Waals surface area contributed by atoms with Crippen LogP contribution in [0.25, 0.3) is 0 Å². The van der Waals surface area contributed by atoms with Crippen molar-refractivity contribution in [3.63, 3.8) is 0 Å². The number of anilines is 1. The molecule has 0 aliphatic rings. The van der Waals surface area contributed by atoms with E-state index in [2.05, 4.69) is 38.4 Å². The zero-order valence-electron chi connectivity index (χ0n) is 12.8. The number of halogens is 1. The third kappa shape index (κ3) is 5.30. The van der Waals surface area contributed by atoms with E-state index in [1.165, 1.54) is 18.3 Å². The van der Waals surface area contributed by atoms with Gasteiger partial charge in [0.05, 0.1) is 17.7 Å². The van der Waals surface area contributed by atoms with E-state index >= 15 is 0 Å². The van der Waals surface area contributed by atoms with E-state index in [4.69, 9.17) is 0 Å². The second kappa shape index (κ2) is 8.39. The summed E-state index contributed by atoms with van der Waals surface area (Å²) >= 11 is 2.23. The van der Waals surface area contributed by atoms with E-state index in [1.54, 1.807) is 12.1 Å². The highest BCUT2D eigenvalue weighted by Gasteiger charge is 2.04. The summed E-state index contributed by atoms with van der Waals surface area (Å²) in [7, 11) is 0. The van der Waals surface area contributed by atoms with Gasteiger partial charge in [-0.3, -0.25) is 14.9 Å². The van der Waals surface area contributed by atoms with Gasteiger partial charge in [0, 0.05) is 21.4 Å². The molecular formula is C16H15IN4O3. The molecule has 2 aromatic carbocycles. The lowest BCUT2D eigenvalue weighted by Gasteiger charge is -2.08. The molecule has 0 heterocycles. The number of hydrogen-bond acceptors (Lipinski definition) is 5. The van der Waals surface area contributed by atoms with Crippen LogP contribution in [0, 0.1) is 20.6 Å². The first-order valence-electron chi connectivity index (χ1n) is 7.02. The summed E-state index contributed by atoms with van der Waals surface area (Å²) in [5.41, 5.74) is 5.02. The zero-order chi connectivity index (χ0) is 17.5. The lowest BCUT2D eigenvalue weighted by Crippen LogP contribution is -2.26. The SMILES string of the molecule is Cc1cc(I)ccc1NCC(=O)N/N=C\c1ccc([N+](=O)[O-])cc1. The Balaban J connectivity index is 1.83.